The molecular formula is C13H19ClN2O2. The van der Waals surface area contributed by atoms with E-state index in [1.54, 1.807) is 19.2 Å². The van der Waals surface area contributed by atoms with Crippen molar-refractivity contribution in [2.45, 2.75) is 25.5 Å². The summed E-state index contributed by atoms with van der Waals surface area (Å²) in [4.78, 5) is 11.5. The van der Waals surface area contributed by atoms with Crippen LogP contribution in [0.4, 0.5) is 0 Å². The van der Waals surface area contributed by atoms with Gasteiger partial charge in [0.05, 0.1) is 6.04 Å². The Hall–Kier alpha value is -1.10. The van der Waals surface area contributed by atoms with Crippen molar-refractivity contribution in [1.29, 1.82) is 0 Å². The molecule has 0 saturated carbocycles. The molecule has 1 rings (SSSR count). The molecule has 2 unspecified atom stereocenters. The van der Waals surface area contributed by atoms with Crippen molar-refractivity contribution in [1.82, 2.24) is 5.32 Å². The first-order chi connectivity index (χ1) is 8.58. The van der Waals surface area contributed by atoms with Crippen LogP contribution in [-0.2, 0) is 9.53 Å². The van der Waals surface area contributed by atoms with Crippen molar-refractivity contribution < 1.29 is 9.53 Å². The second kappa shape index (κ2) is 7.36. The van der Waals surface area contributed by atoms with Crippen LogP contribution in [0.3, 0.4) is 0 Å². The maximum atomic E-state index is 11.5. The van der Waals surface area contributed by atoms with Crippen LogP contribution < -0.4 is 11.1 Å². The van der Waals surface area contributed by atoms with E-state index in [0.717, 1.165) is 5.56 Å². The summed E-state index contributed by atoms with van der Waals surface area (Å²) in [6.07, 6.45) is 0.116. The molecule has 0 heterocycles. The molecule has 18 heavy (non-hydrogen) atoms. The second-order valence-electron chi connectivity index (χ2n) is 4.10. The summed E-state index contributed by atoms with van der Waals surface area (Å²) in [6.45, 7) is 2.24. The molecule has 1 aromatic carbocycles. The summed E-state index contributed by atoms with van der Waals surface area (Å²) >= 11 is 5.84. The van der Waals surface area contributed by atoms with E-state index in [-0.39, 0.29) is 18.1 Å². The predicted molar refractivity (Wildman–Crippen MR) is 72.5 cm³/mol. The number of carbonyl (C=O) groups is 1. The van der Waals surface area contributed by atoms with Gasteiger partial charge in [-0.15, -0.1) is 0 Å². The minimum absolute atomic E-state index is 0.0685. The van der Waals surface area contributed by atoms with Crippen LogP contribution in [0, 0.1) is 0 Å². The molecule has 0 aliphatic rings. The van der Waals surface area contributed by atoms with Gasteiger partial charge in [0.15, 0.2) is 0 Å². The van der Waals surface area contributed by atoms with E-state index >= 15 is 0 Å². The summed E-state index contributed by atoms with van der Waals surface area (Å²) < 4.78 is 5.43. The van der Waals surface area contributed by atoms with E-state index < -0.39 is 0 Å². The Kier molecular flexibility index (Phi) is 6.12. The van der Waals surface area contributed by atoms with Crippen molar-refractivity contribution in [2.24, 2.45) is 5.73 Å². The highest BCUT2D eigenvalue weighted by atomic mass is 35.5. The summed E-state index contributed by atoms with van der Waals surface area (Å²) in [7, 11) is 1.62. The lowest BCUT2D eigenvalue weighted by atomic mass is 10.0. The molecule has 0 saturated heterocycles. The average molecular weight is 271 g/mol. The number of benzene rings is 1. The van der Waals surface area contributed by atoms with Crippen molar-refractivity contribution >= 4 is 17.5 Å². The SMILES string of the molecule is COC(c1ccc(Cl)cc1)C(C)NC(=O)CCN. The molecule has 3 N–H and O–H groups in total. The van der Waals surface area contributed by atoms with Crippen molar-refractivity contribution in [3.05, 3.63) is 34.9 Å². The zero-order chi connectivity index (χ0) is 13.5. The smallest absolute Gasteiger partial charge is 0.221 e. The lowest BCUT2D eigenvalue weighted by Gasteiger charge is -2.24. The number of hydrogen-bond donors (Lipinski definition) is 2. The van der Waals surface area contributed by atoms with E-state index in [2.05, 4.69) is 5.32 Å². The number of hydrogen-bond acceptors (Lipinski definition) is 3. The topological polar surface area (TPSA) is 64.3 Å². The molecule has 1 aromatic rings. The fourth-order valence-electron chi connectivity index (χ4n) is 1.81. The summed E-state index contributed by atoms with van der Waals surface area (Å²) in [5, 5.41) is 3.54. The van der Waals surface area contributed by atoms with Gasteiger partial charge in [0.1, 0.15) is 6.10 Å². The summed E-state index contributed by atoms with van der Waals surface area (Å²) in [5.74, 6) is -0.0685. The van der Waals surface area contributed by atoms with Crippen molar-refractivity contribution in [3.8, 4) is 0 Å². The van der Waals surface area contributed by atoms with Crippen LogP contribution in [0.15, 0.2) is 24.3 Å². The first-order valence-corrected chi connectivity index (χ1v) is 6.24. The zero-order valence-electron chi connectivity index (χ0n) is 10.7. The van der Waals surface area contributed by atoms with Gasteiger partial charge < -0.3 is 15.8 Å². The highest BCUT2D eigenvalue weighted by Gasteiger charge is 2.20. The number of ether oxygens (including phenoxy) is 1. The number of carbonyl (C=O) groups excluding carboxylic acids is 1. The Bertz CT molecular complexity index is 381. The maximum absolute atomic E-state index is 11.5. The quantitative estimate of drug-likeness (QED) is 0.830. The third kappa shape index (κ3) is 4.29. The third-order valence-corrected chi connectivity index (χ3v) is 2.92. The van der Waals surface area contributed by atoms with Gasteiger partial charge in [-0.2, -0.15) is 0 Å². The van der Waals surface area contributed by atoms with E-state index in [0.29, 0.717) is 18.0 Å². The molecule has 5 heteroatoms. The highest BCUT2D eigenvalue weighted by molar-refractivity contribution is 6.30. The maximum Gasteiger partial charge on any atom is 0.221 e. The number of nitrogens with one attached hydrogen (secondary N) is 1. The average Bonchev–Trinajstić information content (AvgIpc) is 2.32. The van der Waals surface area contributed by atoms with Crippen LogP contribution in [0.5, 0.6) is 0 Å². The normalized spacial score (nSPS) is 14.0. The molecule has 0 radical (unpaired) electrons. The molecule has 2 atom stereocenters. The number of nitrogens with two attached hydrogens (primary N) is 1. The van der Waals surface area contributed by atoms with E-state index in [9.17, 15) is 4.79 Å². The van der Waals surface area contributed by atoms with Gasteiger partial charge in [-0.05, 0) is 24.6 Å². The van der Waals surface area contributed by atoms with Crippen LogP contribution in [0.1, 0.15) is 25.0 Å². The van der Waals surface area contributed by atoms with Crippen LogP contribution in [-0.4, -0.2) is 25.6 Å². The lowest BCUT2D eigenvalue weighted by Crippen LogP contribution is -2.38. The molecule has 100 valence electrons. The highest BCUT2D eigenvalue weighted by Crippen LogP contribution is 2.22. The molecule has 0 fully saturated rings. The van der Waals surface area contributed by atoms with Gasteiger partial charge in [-0.25, -0.2) is 0 Å². The Morgan fingerprint density at radius 3 is 2.56 bits per heavy atom. The first-order valence-electron chi connectivity index (χ1n) is 5.86. The number of rotatable bonds is 6. The minimum Gasteiger partial charge on any atom is -0.375 e. The molecular weight excluding hydrogens is 252 g/mol. The molecule has 0 bridgehead atoms. The molecule has 4 nitrogen and oxygen atoms in total. The van der Waals surface area contributed by atoms with Gasteiger partial charge in [-0.3, -0.25) is 4.79 Å². The first kappa shape index (κ1) is 15.0. The third-order valence-electron chi connectivity index (χ3n) is 2.67. The minimum atomic E-state index is -0.205. The molecule has 0 aliphatic heterocycles. The largest absolute Gasteiger partial charge is 0.375 e. The van der Waals surface area contributed by atoms with Crippen LogP contribution in [0.25, 0.3) is 0 Å². The van der Waals surface area contributed by atoms with Gasteiger partial charge in [0, 0.05) is 25.1 Å². The van der Waals surface area contributed by atoms with Crippen molar-refractivity contribution in [2.75, 3.05) is 13.7 Å². The predicted octanol–water partition coefficient (Wildman–Crippen LogP) is 1.88. The van der Waals surface area contributed by atoms with Gasteiger partial charge >= 0.3 is 0 Å². The summed E-state index contributed by atoms with van der Waals surface area (Å²) in [5.41, 5.74) is 6.31. The second-order valence-corrected chi connectivity index (χ2v) is 4.54. The Morgan fingerprint density at radius 2 is 2.06 bits per heavy atom. The van der Waals surface area contributed by atoms with E-state index in [1.165, 1.54) is 0 Å². The van der Waals surface area contributed by atoms with E-state index in [1.807, 2.05) is 19.1 Å². The fraction of sp³-hybridized carbons (Fsp3) is 0.462. The Balaban J connectivity index is 2.70. The number of methoxy groups -OCH3 is 1. The standard InChI is InChI=1S/C13H19ClN2O2/c1-9(16-12(17)7-8-15)13(18-2)10-3-5-11(14)6-4-10/h3-6,9,13H,7-8,15H2,1-2H3,(H,16,17). The zero-order valence-corrected chi connectivity index (χ0v) is 11.4. The lowest BCUT2D eigenvalue weighted by molar-refractivity contribution is -0.122. The van der Waals surface area contributed by atoms with Gasteiger partial charge in [-0.1, -0.05) is 23.7 Å². The molecule has 0 aromatic heterocycles. The molecule has 0 aliphatic carbocycles. The molecule has 1 amide bonds. The Labute approximate surface area is 112 Å². The molecule has 0 spiro atoms. The summed E-state index contributed by atoms with van der Waals surface area (Å²) in [6, 6.07) is 7.26. The number of halogens is 1. The van der Waals surface area contributed by atoms with Gasteiger partial charge in [0.2, 0.25) is 5.91 Å². The van der Waals surface area contributed by atoms with E-state index in [4.69, 9.17) is 22.1 Å². The fourth-order valence-corrected chi connectivity index (χ4v) is 1.94. The van der Waals surface area contributed by atoms with Crippen molar-refractivity contribution in [3.63, 3.8) is 0 Å². The number of amides is 1. The monoisotopic (exact) mass is 270 g/mol. The Morgan fingerprint density at radius 1 is 1.44 bits per heavy atom. The van der Waals surface area contributed by atoms with Gasteiger partial charge in [0.25, 0.3) is 0 Å². The van der Waals surface area contributed by atoms with Crippen LogP contribution >= 0.6 is 11.6 Å². The van der Waals surface area contributed by atoms with Crippen LogP contribution in [0.2, 0.25) is 5.02 Å².